The highest BCUT2D eigenvalue weighted by Crippen LogP contribution is 2.27. The number of aromatic nitrogens is 3. The first-order chi connectivity index (χ1) is 12.6. The number of amides is 1. The first-order valence-electron chi connectivity index (χ1n) is 7.75. The molecule has 130 valence electrons. The van der Waals surface area contributed by atoms with Crippen LogP contribution in [0.4, 0.5) is 5.13 Å². The van der Waals surface area contributed by atoms with Crippen LogP contribution in [0.1, 0.15) is 27.6 Å². The average Bonchev–Trinajstić information content (AvgIpc) is 3.26. The number of rotatable bonds is 4. The van der Waals surface area contributed by atoms with Gasteiger partial charge in [0.1, 0.15) is 11.0 Å². The Kier molecular flexibility index (Phi) is 4.31. The molecule has 0 aliphatic rings. The van der Waals surface area contributed by atoms with Crippen molar-refractivity contribution in [1.29, 1.82) is 0 Å². The number of benzene rings is 2. The number of ether oxygens (including phenoxy) is 1. The molecule has 0 radical (unpaired) electrons. The SMILES string of the molecule is CCOC(=O)c1ccc2nc(NC(=O)c3ccc4nsnc4c3)sc2c1. The number of thiazole rings is 1. The highest BCUT2D eigenvalue weighted by Gasteiger charge is 2.13. The van der Waals surface area contributed by atoms with E-state index in [-0.39, 0.29) is 11.9 Å². The summed E-state index contributed by atoms with van der Waals surface area (Å²) in [5, 5.41) is 3.25. The van der Waals surface area contributed by atoms with Gasteiger partial charge in [-0.1, -0.05) is 11.3 Å². The molecule has 7 nitrogen and oxygen atoms in total. The lowest BCUT2D eigenvalue weighted by Gasteiger charge is -2.00. The summed E-state index contributed by atoms with van der Waals surface area (Å²) in [5.41, 5.74) is 3.10. The van der Waals surface area contributed by atoms with Gasteiger partial charge in [0.15, 0.2) is 5.13 Å². The average molecular weight is 384 g/mol. The second kappa shape index (κ2) is 6.77. The van der Waals surface area contributed by atoms with E-state index in [0.717, 1.165) is 21.9 Å². The number of anilines is 1. The Hall–Kier alpha value is -2.91. The Bertz CT molecular complexity index is 1140. The molecule has 0 spiro atoms. The predicted molar refractivity (Wildman–Crippen MR) is 101 cm³/mol. The summed E-state index contributed by atoms with van der Waals surface area (Å²) >= 11 is 2.41. The van der Waals surface area contributed by atoms with Crippen LogP contribution in [-0.4, -0.2) is 32.2 Å². The molecular weight excluding hydrogens is 372 g/mol. The van der Waals surface area contributed by atoms with Crippen LogP contribution in [0.25, 0.3) is 21.3 Å². The molecule has 0 saturated heterocycles. The van der Waals surface area contributed by atoms with Crippen molar-refractivity contribution in [2.45, 2.75) is 6.92 Å². The molecule has 2 aromatic heterocycles. The number of fused-ring (bicyclic) bond motifs is 2. The van der Waals surface area contributed by atoms with Gasteiger partial charge in [-0.3, -0.25) is 10.1 Å². The van der Waals surface area contributed by atoms with Crippen molar-refractivity contribution in [2.24, 2.45) is 0 Å². The molecule has 0 saturated carbocycles. The zero-order chi connectivity index (χ0) is 18.1. The van der Waals surface area contributed by atoms with Crippen molar-refractivity contribution < 1.29 is 14.3 Å². The summed E-state index contributed by atoms with van der Waals surface area (Å²) < 4.78 is 14.1. The number of hydrogen-bond acceptors (Lipinski definition) is 8. The Morgan fingerprint density at radius 2 is 1.81 bits per heavy atom. The third-order valence-electron chi connectivity index (χ3n) is 3.64. The van der Waals surface area contributed by atoms with Gasteiger partial charge in [-0.15, -0.1) is 0 Å². The lowest BCUT2D eigenvalue weighted by molar-refractivity contribution is 0.0526. The van der Waals surface area contributed by atoms with Crippen LogP contribution in [0.5, 0.6) is 0 Å². The van der Waals surface area contributed by atoms with E-state index in [1.165, 1.54) is 11.3 Å². The number of nitrogens with one attached hydrogen (secondary N) is 1. The van der Waals surface area contributed by atoms with Gasteiger partial charge < -0.3 is 4.74 Å². The van der Waals surface area contributed by atoms with E-state index in [2.05, 4.69) is 19.0 Å². The number of carbonyl (C=O) groups excluding carboxylic acids is 2. The fourth-order valence-corrected chi connectivity index (χ4v) is 3.83. The highest BCUT2D eigenvalue weighted by molar-refractivity contribution is 7.22. The van der Waals surface area contributed by atoms with Crippen molar-refractivity contribution in [3.05, 3.63) is 47.5 Å². The zero-order valence-corrected chi connectivity index (χ0v) is 15.2. The molecule has 4 aromatic rings. The van der Waals surface area contributed by atoms with Gasteiger partial charge in [-0.05, 0) is 43.3 Å². The van der Waals surface area contributed by atoms with Gasteiger partial charge >= 0.3 is 5.97 Å². The van der Waals surface area contributed by atoms with Crippen LogP contribution in [0, 0.1) is 0 Å². The van der Waals surface area contributed by atoms with Crippen LogP contribution in [0.15, 0.2) is 36.4 Å². The van der Waals surface area contributed by atoms with Crippen molar-refractivity contribution in [3.8, 4) is 0 Å². The molecule has 0 bridgehead atoms. The molecule has 0 aliphatic carbocycles. The van der Waals surface area contributed by atoms with Crippen molar-refractivity contribution in [2.75, 3.05) is 11.9 Å². The summed E-state index contributed by atoms with van der Waals surface area (Å²) in [7, 11) is 0. The van der Waals surface area contributed by atoms with Crippen LogP contribution >= 0.6 is 23.1 Å². The molecular formula is C17H12N4O3S2. The Morgan fingerprint density at radius 1 is 1.04 bits per heavy atom. The molecule has 1 N–H and O–H groups in total. The fraction of sp³-hybridized carbons (Fsp3) is 0.118. The summed E-state index contributed by atoms with van der Waals surface area (Å²) in [6.45, 7) is 2.08. The molecule has 26 heavy (non-hydrogen) atoms. The molecule has 0 fully saturated rings. The van der Waals surface area contributed by atoms with Crippen molar-refractivity contribution in [3.63, 3.8) is 0 Å². The van der Waals surface area contributed by atoms with E-state index in [1.807, 2.05) is 0 Å². The van der Waals surface area contributed by atoms with E-state index in [0.29, 0.717) is 33.9 Å². The number of carbonyl (C=O) groups is 2. The summed E-state index contributed by atoms with van der Waals surface area (Å²) in [6.07, 6.45) is 0. The van der Waals surface area contributed by atoms with Crippen LogP contribution in [0.3, 0.4) is 0 Å². The second-order valence-corrected chi connectivity index (χ2v) is 6.90. The largest absolute Gasteiger partial charge is 0.462 e. The fourth-order valence-electron chi connectivity index (χ4n) is 2.41. The number of hydrogen-bond donors (Lipinski definition) is 1. The van der Waals surface area contributed by atoms with Gasteiger partial charge in [0.05, 0.1) is 34.1 Å². The topological polar surface area (TPSA) is 94.1 Å². The molecule has 4 rings (SSSR count). The lowest BCUT2D eigenvalue weighted by Crippen LogP contribution is -2.11. The van der Waals surface area contributed by atoms with Crippen LogP contribution in [-0.2, 0) is 4.74 Å². The molecule has 1 amide bonds. The maximum absolute atomic E-state index is 12.5. The van der Waals surface area contributed by atoms with E-state index < -0.39 is 0 Å². The maximum Gasteiger partial charge on any atom is 0.338 e. The predicted octanol–water partition coefficient (Wildman–Crippen LogP) is 3.73. The van der Waals surface area contributed by atoms with E-state index in [9.17, 15) is 9.59 Å². The minimum absolute atomic E-state index is 0.274. The third-order valence-corrected chi connectivity index (χ3v) is 5.13. The van der Waals surface area contributed by atoms with Crippen molar-refractivity contribution in [1.82, 2.24) is 13.7 Å². The third kappa shape index (κ3) is 3.14. The molecule has 9 heteroatoms. The van der Waals surface area contributed by atoms with Crippen LogP contribution < -0.4 is 5.32 Å². The second-order valence-electron chi connectivity index (χ2n) is 5.34. The monoisotopic (exact) mass is 384 g/mol. The molecule has 2 heterocycles. The first-order valence-corrected chi connectivity index (χ1v) is 9.30. The Balaban J connectivity index is 1.58. The quantitative estimate of drug-likeness (QED) is 0.539. The van der Waals surface area contributed by atoms with Gasteiger partial charge in [0.25, 0.3) is 5.91 Å². The standard InChI is InChI=1S/C17H12N4O3S2/c1-2-24-16(23)10-4-6-12-14(8-10)25-17(18-12)19-15(22)9-3-5-11-13(7-9)21-26-20-11/h3-8H,2H2,1H3,(H,18,19,22). The Labute approximate surface area is 156 Å². The molecule has 0 aliphatic heterocycles. The van der Waals surface area contributed by atoms with Gasteiger partial charge in [-0.2, -0.15) is 8.75 Å². The molecule has 0 atom stereocenters. The normalized spacial score (nSPS) is 11.0. The lowest BCUT2D eigenvalue weighted by atomic mass is 10.2. The van der Waals surface area contributed by atoms with Gasteiger partial charge in [-0.25, -0.2) is 9.78 Å². The minimum atomic E-state index is -0.376. The van der Waals surface area contributed by atoms with Crippen LogP contribution in [0.2, 0.25) is 0 Å². The zero-order valence-electron chi connectivity index (χ0n) is 13.6. The summed E-state index contributed by atoms with van der Waals surface area (Å²) in [4.78, 5) is 28.7. The summed E-state index contributed by atoms with van der Waals surface area (Å²) in [5.74, 6) is -0.650. The Morgan fingerprint density at radius 3 is 2.65 bits per heavy atom. The first kappa shape index (κ1) is 16.6. The maximum atomic E-state index is 12.5. The molecule has 2 aromatic carbocycles. The molecule has 0 unspecified atom stereocenters. The summed E-state index contributed by atoms with van der Waals surface area (Å²) in [6, 6.07) is 10.3. The van der Waals surface area contributed by atoms with Gasteiger partial charge in [0, 0.05) is 5.56 Å². The van der Waals surface area contributed by atoms with E-state index in [4.69, 9.17) is 4.74 Å². The number of nitrogens with zero attached hydrogens (tertiary/aromatic N) is 3. The smallest absolute Gasteiger partial charge is 0.338 e. The number of esters is 1. The van der Waals surface area contributed by atoms with E-state index >= 15 is 0 Å². The van der Waals surface area contributed by atoms with Crippen molar-refractivity contribution >= 4 is 61.3 Å². The van der Waals surface area contributed by atoms with E-state index in [1.54, 1.807) is 43.3 Å². The van der Waals surface area contributed by atoms with Gasteiger partial charge in [0.2, 0.25) is 0 Å². The highest BCUT2D eigenvalue weighted by atomic mass is 32.1. The minimum Gasteiger partial charge on any atom is -0.462 e.